The highest BCUT2D eigenvalue weighted by molar-refractivity contribution is 6.22. The van der Waals surface area contributed by atoms with Gasteiger partial charge in [-0.15, -0.1) is 0 Å². The van der Waals surface area contributed by atoms with Gasteiger partial charge in [-0.3, -0.25) is 9.59 Å². The fourth-order valence-electron chi connectivity index (χ4n) is 2.76. The van der Waals surface area contributed by atoms with Gasteiger partial charge in [-0.1, -0.05) is 18.6 Å². The molecule has 0 saturated heterocycles. The predicted molar refractivity (Wildman–Crippen MR) is 86.2 cm³/mol. The van der Waals surface area contributed by atoms with Gasteiger partial charge < -0.3 is 9.84 Å². The standard InChI is InChI=1S/C18H26O4/c1-11(2)8-14(9-12(3)6-7-19)15-10-16(20)18(22-5)13(4)17(15)21/h8,10,12,14,19H,6-7,9H2,1-5H3/t12-,14+/m0/s1. The van der Waals surface area contributed by atoms with E-state index < -0.39 is 0 Å². The maximum absolute atomic E-state index is 12.6. The average Bonchev–Trinajstić information content (AvgIpc) is 2.42. The van der Waals surface area contributed by atoms with Crippen LogP contribution in [-0.2, 0) is 14.3 Å². The van der Waals surface area contributed by atoms with Gasteiger partial charge in [-0.25, -0.2) is 0 Å². The average molecular weight is 306 g/mol. The minimum Gasteiger partial charge on any atom is -0.492 e. The number of allylic oxidation sites excluding steroid dienone is 5. The highest BCUT2D eigenvalue weighted by Crippen LogP contribution is 2.31. The van der Waals surface area contributed by atoms with E-state index in [1.54, 1.807) is 6.92 Å². The molecule has 4 nitrogen and oxygen atoms in total. The summed E-state index contributed by atoms with van der Waals surface area (Å²) < 4.78 is 5.03. The molecule has 4 heteroatoms. The summed E-state index contributed by atoms with van der Waals surface area (Å²) in [5, 5.41) is 9.07. The van der Waals surface area contributed by atoms with Crippen LogP contribution in [0, 0.1) is 11.8 Å². The van der Waals surface area contributed by atoms with Crippen molar-refractivity contribution in [1.82, 2.24) is 0 Å². The number of carbonyl (C=O) groups excluding carboxylic acids is 2. The Labute approximate surface area is 132 Å². The van der Waals surface area contributed by atoms with Gasteiger partial charge >= 0.3 is 0 Å². The minimum atomic E-state index is -0.253. The number of methoxy groups -OCH3 is 1. The SMILES string of the molecule is COC1=C(C)C(=O)C([C@H](C=C(C)C)C[C@@H](C)CCO)=CC1=O. The Morgan fingerprint density at radius 1 is 1.36 bits per heavy atom. The first-order chi connectivity index (χ1) is 10.3. The molecule has 1 aliphatic carbocycles. The molecule has 0 saturated carbocycles. The number of rotatable bonds is 7. The molecule has 0 amide bonds. The van der Waals surface area contributed by atoms with E-state index in [1.807, 2.05) is 26.8 Å². The lowest BCUT2D eigenvalue weighted by atomic mass is 9.80. The summed E-state index contributed by atoms with van der Waals surface area (Å²) in [6, 6.07) is 0. The molecule has 22 heavy (non-hydrogen) atoms. The molecule has 0 heterocycles. The molecule has 0 unspecified atom stereocenters. The quantitative estimate of drug-likeness (QED) is 0.580. The number of hydrogen-bond acceptors (Lipinski definition) is 4. The molecule has 0 aromatic carbocycles. The lowest BCUT2D eigenvalue weighted by Crippen LogP contribution is -2.24. The molecular formula is C18H26O4. The summed E-state index contributed by atoms with van der Waals surface area (Å²) in [4.78, 5) is 24.7. The van der Waals surface area contributed by atoms with Crippen LogP contribution in [-0.4, -0.2) is 30.4 Å². The summed E-state index contributed by atoms with van der Waals surface area (Å²) in [6.07, 6.45) is 4.84. The third-order valence-corrected chi connectivity index (χ3v) is 3.87. The summed E-state index contributed by atoms with van der Waals surface area (Å²) in [5.74, 6) is -0.0984. The summed E-state index contributed by atoms with van der Waals surface area (Å²) in [5.41, 5.74) is 1.99. The molecule has 0 aliphatic heterocycles. The third kappa shape index (κ3) is 4.41. The fourth-order valence-corrected chi connectivity index (χ4v) is 2.76. The van der Waals surface area contributed by atoms with Gasteiger partial charge in [0.15, 0.2) is 11.5 Å². The van der Waals surface area contributed by atoms with E-state index >= 15 is 0 Å². The van der Waals surface area contributed by atoms with Gasteiger partial charge in [0, 0.05) is 23.7 Å². The van der Waals surface area contributed by atoms with Crippen LogP contribution in [0.3, 0.4) is 0 Å². The van der Waals surface area contributed by atoms with Crippen LogP contribution in [0.25, 0.3) is 0 Å². The number of aliphatic hydroxyl groups is 1. The van der Waals surface area contributed by atoms with Crippen LogP contribution >= 0.6 is 0 Å². The minimum absolute atomic E-state index is 0.114. The summed E-state index contributed by atoms with van der Waals surface area (Å²) >= 11 is 0. The van der Waals surface area contributed by atoms with Gasteiger partial charge in [0.05, 0.1) is 7.11 Å². The van der Waals surface area contributed by atoms with E-state index in [0.29, 0.717) is 17.6 Å². The van der Waals surface area contributed by atoms with Gasteiger partial charge in [-0.2, -0.15) is 0 Å². The molecular weight excluding hydrogens is 280 g/mol. The maximum atomic E-state index is 12.6. The first-order valence-electron chi connectivity index (χ1n) is 7.63. The molecule has 0 bridgehead atoms. The Hall–Kier alpha value is -1.68. The van der Waals surface area contributed by atoms with Crippen molar-refractivity contribution in [2.24, 2.45) is 11.8 Å². The highest BCUT2D eigenvalue weighted by Gasteiger charge is 2.30. The zero-order valence-electron chi connectivity index (χ0n) is 14.1. The zero-order chi connectivity index (χ0) is 16.9. The number of Topliss-reactive ketones (excluding diaryl/α,β-unsaturated/α-hetero) is 1. The third-order valence-electron chi connectivity index (χ3n) is 3.87. The van der Waals surface area contributed by atoms with Gasteiger partial charge in [-0.05, 0) is 45.6 Å². The Morgan fingerprint density at radius 3 is 2.50 bits per heavy atom. The van der Waals surface area contributed by atoms with Crippen LogP contribution in [0.15, 0.2) is 34.6 Å². The first kappa shape index (κ1) is 18.4. The van der Waals surface area contributed by atoms with Crippen LogP contribution in [0.1, 0.15) is 40.5 Å². The van der Waals surface area contributed by atoms with E-state index in [-0.39, 0.29) is 35.8 Å². The van der Waals surface area contributed by atoms with Crippen molar-refractivity contribution in [3.63, 3.8) is 0 Å². The zero-order valence-corrected chi connectivity index (χ0v) is 14.1. The number of hydrogen-bond donors (Lipinski definition) is 1. The van der Waals surface area contributed by atoms with Gasteiger partial charge in [0.1, 0.15) is 0 Å². The highest BCUT2D eigenvalue weighted by atomic mass is 16.5. The van der Waals surface area contributed by atoms with E-state index in [9.17, 15) is 9.59 Å². The topological polar surface area (TPSA) is 63.6 Å². The lowest BCUT2D eigenvalue weighted by Gasteiger charge is -2.24. The van der Waals surface area contributed by atoms with Crippen LogP contribution < -0.4 is 0 Å². The molecule has 1 N–H and O–H groups in total. The van der Waals surface area contributed by atoms with Crippen LogP contribution in [0.4, 0.5) is 0 Å². The molecule has 0 radical (unpaired) electrons. The fraction of sp³-hybridized carbons (Fsp3) is 0.556. The Balaban J connectivity index is 3.13. The Kier molecular flexibility index (Phi) is 6.75. The van der Waals surface area contributed by atoms with Crippen LogP contribution in [0.5, 0.6) is 0 Å². The monoisotopic (exact) mass is 306 g/mol. The first-order valence-corrected chi connectivity index (χ1v) is 7.63. The number of ketones is 2. The lowest BCUT2D eigenvalue weighted by molar-refractivity contribution is -0.118. The molecule has 1 aliphatic rings. The number of ether oxygens (including phenoxy) is 1. The molecule has 2 atom stereocenters. The van der Waals surface area contributed by atoms with E-state index in [0.717, 1.165) is 12.0 Å². The second-order valence-electron chi connectivity index (χ2n) is 6.15. The Morgan fingerprint density at radius 2 is 2.00 bits per heavy atom. The normalized spacial score (nSPS) is 18.0. The summed E-state index contributed by atoms with van der Waals surface area (Å²) in [6.45, 7) is 7.75. The van der Waals surface area contributed by atoms with E-state index in [4.69, 9.17) is 9.84 Å². The maximum Gasteiger partial charge on any atom is 0.221 e. The van der Waals surface area contributed by atoms with Crippen molar-refractivity contribution >= 4 is 11.6 Å². The van der Waals surface area contributed by atoms with Crippen molar-refractivity contribution in [3.05, 3.63) is 34.6 Å². The largest absolute Gasteiger partial charge is 0.492 e. The smallest absolute Gasteiger partial charge is 0.221 e. The van der Waals surface area contributed by atoms with Crippen molar-refractivity contribution in [2.75, 3.05) is 13.7 Å². The molecule has 122 valence electrons. The van der Waals surface area contributed by atoms with Gasteiger partial charge in [0.25, 0.3) is 0 Å². The molecule has 1 rings (SSSR count). The van der Waals surface area contributed by atoms with Crippen molar-refractivity contribution in [1.29, 1.82) is 0 Å². The molecule has 0 spiro atoms. The van der Waals surface area contributed by atoms with E-state index in [1.165, 1.54) is 13.2 Å². The molecule has 0 fully saturated rings. The number of carbonyl (C=O) groups is 2. The van der Waals surface area contributed by atoms with E-state index in [2.05, 4.69) is 0 Å². The Bertz CT molecular complexity index is 533. The van der Waals surface area contributed by atoms with Crippen molar-refractivity contribution < 1.29 is 19.4 Å². The number of aliphatic hydroxyl groups excluding tert-OH is 1. The van der Waals surface area contributed by atoms with Crippen LogP contribution in [0.2, 0.25) is 0 Å². The molecule has 0 aromatic rings. The second-order valence-corrected chi connectivity index (χ2v) is 6.15. The van der Waals surface area contributed by atoms with Crippen molar-refractivity contribution in [3.8, 4) is 0 Å². The van der Waals surface area contributed by atoms with Crippen molar-refractivity contribution in [2.45, 2.75) is 40.5 Å². The van der Waals surface area contributed by atoms with Gasteiger partial charge in [0.2, 0.25) is 5.78 Å². The predicted octanol–water partition coefficient (Wildman–Crippen LogP) is 2.98. The second kappa shape index (κ2) is 8.08. The summed E-state index contributed by atoms with van der Waals surface area (Å²) in [7, 11) is 1.40. The molecule has 0 aromatic heterocycles.